The molecule has 0 unspecified atom stereocenters. The van der Waals surface area contributed by atoms with Crippen LogP contribution in [0.3, 0.4) is 0 Å². The van der Waals surface area contributed by atoms with E-state index in [-0.39, 0.29) is 23.6 Å². The highest BCUT2D eigenvalue weighted by molar-refractivity contribution is 6.28. The van der Waals surface area contributed by atoms with Gasteiger partial charge in [-0.15, -0.1) is 0 Å². The third-order valence-electron chi connectivity index (χ3n) is 2.94. The van der Waals surface area contributed by atoms with E-state index in [1.807, 2.05) is 0 Å². The summed E-state index contributed by atoms with van der Waals surface area (Å²) in [4.78, 5) is 45.8. The van der Waals surface area contributed by atoms with Crippen LogP contribution in [-0.2, 0) is 28.7 Å². The highest BCUT2D eigenvalue weighted by Gasteiger charge is 2.39. The summed E-state index contributed by atoms with van der Waals surface area (Å²) in [7, 11) is 1.16. The zero-order valence-corrected chi connectivity index (χ0v) is 10.5. The molecule has 0 amide bonds. The molecule has 2 aliphatic rings. The van der Waals surface area contributed by atoms with Crippen molar-refractivity contribution >= 4 is 23.5 Å². The van der Waals surface area contributed by atoms with E-state index in [4.69, 9.17) is 4.74 Å². The Morgan fingerprint density at radius 1 is 1.32 bits per heavy atom. The number of Topliss-reactive ketones (excluding diaryl/α,β-unsaturated/α-hetero) is 1. The van der Waals surface area contributed by atoms with Crippen LogP contribution in [0.1, 0.15) is 19.8 Å². The standard InChI is InChI=1S/C13H12O6/c1-6(14)19-11(13(17)18-2)4-7-3-10(15)8-5-9(8)12(7)16/h3,11H,4-5H2,1-2H3/t11-/m1/s1. The van der Waals surface area contributed by atoms with Crippen molar-refractivity contribution in [2.24, 2.45) is 0 Å². The van der Waals surface area contributed by atoms with Gasteiger partial charge in [0.2, 0.25) is 6.10 Å². The maximum absolute atomic E-state index is 11.9. The van der Waals surface area contributed by atoms with Crippen molar-refractivity contribution in [3.8, 4) is 0 Å². The summed E-state index contributed by atoms with van der Waals surface area (Å²) < 4.78 is 9.31. The van der Waals surface area contributed by atoms with Crippen LogP contribution in [0.5, 0.6) is 0 Å². The van der Waals surface area contributed by atoms with Crippen LogP contribution in [0.4, 0.5) is 0 Å². The number of rotatable bonds is 4. The topological polar surface area (TPSA) is 86.7 Å². The molecular formula is C13H12O6. The van der Waals surface area contributed by atoms with Crippen molar-refractivity contribution in [2.75, 3.05) is 7.11 Å². The Hall–Kier alpha value is -2.24. The predicted octanol–water partition coefficient (Wildman–Crippen LogP) is 0.260. The summed E-state index contributed by atoms with van der Waals surface area (Å²) in [5.41, 5.74) is 1.21. The van der Waals surface area contributed by atoms with Crippen LogP contribution in [0.2, 0.25) is 0 Å². The van der Waals surface area contributed by atoms with Crippen LogP contribution >= 0.6 is 0 Å². The Kier molecular flexibility index (Phi) is 3.33. The zero-order valence-electron chi connectivity index (χ0n) is 10.5. The number of carbonyl (C=O) groups is 4. The largest absolute Gasteiger partial charge is 0.466 e. The Bertz CT molecular complexity index is 551. The zero-order chi connectivity index (χ0) is 14.2. The van der Waals surface area contributed by atoms with E-state index in [2.05, 4.69) is 4.74 Å². The van der Waals surface area contributed by atoms with Gasteiger partial charge in [0.05, 0.1) is 7.11 Å². The van der Waals surface area contributed by atoms with Crippen molar-refractivity contribution < 1.29 is 28.7 Å². The highest BCUT2D eigenvalue weighted by atomic mass is 16.6. The van der Waals surface area contributed by atoms with Gasteiger partial charge in [-0.1, -0.05) is 0 Å². The Morgan fingerprint density at radius 3 is 2.58 bits per heavy atom. The van der Waals surface area contributed by atoms with Crippen LogP contribution in [0, 0.1) is 0 Å². The number of carbonyl (C=O) groups excluding carboxylic acids is 4. The Balaban J connectivity index is 2.13. The molecule has 100 valence electrons. The SMILES string of the molecule is COC(=O)[C@@H](CC1=CC(=O)C2=C(C2)C1=O)OC(C)=O. The van der Waals surface area contributed by atoms with Crippen LogP contribution < -0.4 is 0 Å². The van der Waals surface area contributed by atoms with Gasteiger partial charge < -0.3 is 9.47 Å². The van der Waals surface area contributed by atoms with Gasteiger partial charge in [0.25, 0.3) is 0 Å². The lowest BCUT2D eigenvalue weighted by atomic mass is 9.98. The average molecular weight is 264 g/mol. The molecule has 0 N–H and O–H groups in total. The van der Waals surface area contributed by atoms with Gasteiger partial charge >= 0.3 is 11.9 Å². The van der Waals surface area contributed by atoms with Crippen LogP contribution in [0.15, 0.2) is 22.8 Å². The lowest BCUT2D eigenvalue weighted by Gasteiger charge is -2.16. The predicted molar refractivity (Wildman–Crippen MR) is 61.9 cm³/mol. The first-order valence-corrected chi connectivity index (χ1v) is 5.70. The summed E-state index contributed by atoms with van der Waals surface area (Å²) in [6.07, 6.45) is 0.265. The van der Waals surface area contributed by atoms with E-state index in [9.17, 15) is 19.2 Å². The third kappa shape index (κ3) is 2.62. The molecular weight excluding hydrogens is 252 g/mol. The van der Waals surface area contributed by atoms with E-state index in [1.54, 1.807) is 0 Å². The van der Waals surface area contributed by atoms with E-state index in [0.717, 1.165) is 14.0 Å². The van der Waals surface area contributed by atoms with Crippen LogP contribution in [-0.4, -0.2) is 36.7 Å². The summed E-state index contributed by atoms with van der Waals surface area (Å²) in [6.45, 7) is 1.15. The van der Waals surface area contributed by atoms with E-state index in [1.165, 1.54) is 6.08 Å². The minimum atomic E-state index is -1.20. The number of ether oxygens (including phenoxy) is 2. The molecule has 0 aromatic carbocycles. The normalized spacial score (nSPS) is 18.5. The van der Waals surface area contributed by atoms with Gasteiger partial charge in [0.1, 0.15) is 0 Å². The third-order valence-corrected chi connectivity index (χ3v) is 2.94. The summed E-state index contributed by atoms with van der Waals surface area (Å²) >= 11 is 0. The van der Waals surface area contributed by atoms with Gasteiger partial charge in [0, 0.05) is 36.5 Å². The number of esters is 2. The molecule has 0 spiro atoms. The smallest absolute Gasteiger partial charge is 0.347 e. The van der Waals surface area contributed by atoms with E-state index >= 15 is 0 Å². The molecule has 19 heavy (non-hydrogen) atoms. The fourth-order valence-corrected chi connectivity index (χ4v) is 1.95. The number of ketones is 2. The number of methoxy groups -OCH3 is 1. The average Bonchev–Trinajstić information content (AvgIpc) is 3.14. The maximum Gasteiger partial charge on any atom is 0.347 e. The molecule has 1 atom stereocenters. The van der Waals surface area contributed by atoms with Gasteiger partial charge in [0.15, 0.2) is 11.6 Å². The fourth-order valence-electron chi connectivity index (χ4n) is 1.95. The monoisotopic (exact) mass is 264 g/mol. The second-order valence-electron chi connectivity index (χ2n) is 4.32. The number of allylic oxidation sites excluding steroid dienone is 3. The Labute approximate surface area is 109 Å². The number of hydrogen-bond donors (Lipinski definition) is 0. The fraction of sp³-hybridized carbons (Fsp3) is 0.385. The quantitative estimate of drug-likeness (QED) is 0.534. The van der Waals surface area contributed by atoms with Crippen molar-refractivity contribution in [1.29, 1.82) is 0 Å². The molecule has 0 aliphatic heterocycles. The molecule has 6 nitrogen and oxygen atoms in total. The van der Waals surface area contributed by atoms with Crippen molar-refractivity contribution in [1.82, 2.24) is 0 Å². The molecule has 0 saturated carbocycles. The molecule has 0 bridgehead atoms. The van der Waals surface area contributed by atoms with Crippen molar-refractivity contribution in [2.45, 2.75) is 25.9 Å². The Morgan fingerprint density at radius 2 is 2.00 bits per heavy atom. The van der Waals surface area contributed by atoms with Gasteiger partial charge in [-0.25, -0.2) is 4.79 Å². The summed E-state index contributed by atoms with van der Waals surface area (Å²) in [5.74, 6) is -1.88. The van der Waals surface area contributed by atoms with Gasteiger partial charge in [-0.05, 0) is 6.08 Å². The lowest BCUT2D eigenvalue weighted by Crippen LogP contribution is -2.29. The maximum atomic E-state index is 11.9. The molecule has 2 rings (SSSR count). The lowest BCUT2D eigenvalue weighted by molar-refractivity contribution is -0.164. The summed E-state index contributed by atoms with van der Waals surface area (Å²) in [5, 5.41) is 0. The molecule has 0 radical (unpaired) electrons. The molecule has 0 saturated heterocycles. The first kappa shape index (κ1) is 13.2. The van der Waals surface area contributed by atoms with E-state index < -0.39 is 18.0 Å². The van der Waals surface area contributed by atoms with Crippen LogP contribution in [0.25, 0.3) is 0 Å². The second kappa shape index (κ2) is 4.79. The molecule has 0 aromatic heterocycles. The first-order valence-electron chi connectivity index (χ1n) is 5.70. The van der Waals surface area contributed by atoms with Gasteiger partial charge in [-0.2, -0.15) is 0 Å². The highest BCUT2D eigenvalue weighted by Crippen LogP contribution is 2.39. The van der Waals surface area contributed by atoms with Crippen molar-refractivity contribution in [3.63, 3.8) is 0 Å². The van der Waals surface area contributed by atoms with Crippen molar-refractivity contribution in [3.05, 3.63) is 22.8 Å². The van der Waals surface area contributed by atoms with Gasteiger partial charge in [-0.3, -0.25) is 14.4 Å². The molecule has 0 fully saturated rings. The molecule has 0 aromatic rings. The summed E-state index contributed by atoms with van der Waals surface area (Å²) in [6, 6.07) is 0. The number of hydrogen-bond acceptors (Lipinski definition) is 6. The first-order chi connectivity index (χ1) is 8.93. The molecule has 0 heterocycles. The second-order valence-corrected chi connectivity index (χ2v) is 4.32. The molecule has 6 heteroatoms. The van der Waals surface area contributed by atoms with E-state index in [0.29, 0.717) is 17.6 Å². The minimum Gasteiger partial charge on any atom is -0.466 e. The molecule has 2 aliphatic carbocycles. The minimum absolute atomic E-state index is 0.145.